The van der Waals surface area contributed by atoms with Crippen LogP contribution in [0.3, 0.4) is 0 Å². The molecule has 0 radical (unpaired) electrons. The van der Waals surface area contributed by atoms with Gasteiger partial charge in [0.15, 0.2) is 0 Å². The standard InChI is InChI=1S/C25H35N3O4/c1-4-5-16-32-23-12-8-20(9-13-23)25(30)27(15-17-31-3)19-24(29)28(21-10-11-21)18-22-7-6-14-26(22)2/h6-9,12-14,21H,4-5,10-11,15-19H2,1-3H3. The van der Waals surface area contributed by atoms with Crippen molar-refractivity contribution >= 4 is 11.8 Å². The molecule has 0 saturated heterocycles. The fourth-order valence-electron chi connectivity index (χ4n) is 3.56. The van der Waals surface area contributed by atoms with Crippen molar-refractivity contribution in [3.63, 3.8) is 0 Å². The molecule has 2 amide bonds. The van der Waals surface area contributed by atoms with Crippen LogP contribution in [0.1, 0.15) is 48.7 Å². The Morgan fingerprint density at radius 2 is 1.88 bits per heavy atom. The van der Waals surface area contributed by atoms with E-state index in [0.717, 1.165) is 37.1 Å². The van der Waals surface area contributed by atoms with E-state index in [1.807, 2.05) is 47.0 Å². The summed E-state index contributed by atoms with van der Waals surface area (Å²) in [5, 5.41) is 0. The van der Waals surface area contributed by atoms with Crippen LogP contribution in [-0.2, 0) is 23.1 Å². The van der Waals surface area contributed by atoms with E-state index in [0.29, 0.717) is 31.9 Å². The molecule has 3 rings (SSSR count). The second-order valence-corrected chi connectivity index (χ2v) is 8.31. The van der Waals surface area contributed by atoms with Gasteiger partial charge in [0.1, 0.15) is 12.3 Å². The molecule has 0 atom stereocenters. The summed E-state index contributed by atoms with van der Waals surface area (Å²) in [5.74, 6) is 0.541. The van der Waals surface area contributed by atoms with Gasteiger partial charge in [0.05, 0.1) is 19.8 Å². The lowest BCUT2D eigenvalue weighted by Gasteiger charge is -2.28. The largest absolute Gasteiger partial charge is 0.494 e. The van der Waals surface area contributed by atoms with Crippen LogP contribution in [0.2, 0.25) is 0 Å². The van der Waals surface area contributed by atoms with E-state index in [9.17, 15) is 9.59 Å². The number of methoxy groups -OCH3 is 1. The molecule has 1 aromatic heterocycles. The minimum Gasteiger partial charge on any atom is -0.494 e. The Hall–Kier alpha value is -2.80. The van der Waals surface area contributed by atoms with Crippen molar-refractivity contribution in [3.8, 4) is 5.75 Å². The lowest BCUT2D eigenvalue weighted by Crippen LogP contribution is -2.44. The Morgan fingerprint density at radius 3 is 2.47 bits per heavy atom. The molecule has 1 aromatic carbocycles. The van der Waals surface area contributed by atoms with Crippen molar-refractivity contribution < 1.29 is 19.1 Å². The highest BCUT2D eigenvalue weighted by atomic mass is 16.5. The van der Waals surface area contributed by atoms with Crippen LogP contribution in [0.15, 0.2) is 42.6 Å². The van der Waals surface area contributed by atoms with Gasteiger partial charge < -0.3 is 23.8 Å². The molecule has 174 valence electrons. The predicted octanol–water partition coefficient (Wildman–Crippen LogP) is 3.48. The van der Waals surface area contributed by atoms with Crippen LogP contribution in [0.25, 0.3) is 0 Å². The summed E-state index contributed by atoms with van der Waals surface area (Å²) in [6.45, 7) is 4.11. The number of aromatic nitrogens is 1. The van der Waals surface area contributed by atoms with E-state index in [1.54, 1.807) is 24.1 Å². The monoisotopic (exact) mass is 441 g/mol. The molecule has 1 heterocycles. The molecule has 32 heavy (non-hydrogen) atoms. The minimum absolute atomic E-state index is 0.0299. The second-order valence-electron chi connectivity index (χ2n) is 8.31. The number of hydrogen-bond acceptors (Lipinski definition) is 4. The summed E-state index contributed by atoms with van der Waals surface area (Å²) >= 11 is 0. The highest BCUT2D eigenvalue weighted by Crippen LogP contribution is 2.28. The smallest absolute Gasteiger partial charge is 0.254 e. The van der Waals surface area contributed by atoms with Gasteiger partial charge in [0.2, 0.25) is 5.91 Å². The predicted molar refractivity (Wildman–Crippen MR) is 124 cm³/mol. The van der Waals surface area contributed by atoms with Crippen molar-refractivity contribution in [2.75, 3.05) is 33.4 Å². The Kier molecular flexibility index (Phi) is 8.73. The number of benzene rings is 1. The zero-order chi connectivity index (χ0) is 22.9. The van der Waals surface area contributed by atoms with Crippen molar-refractivity contribution in [2.45, 2.75) is 45.2 Å². The van der Waals surface area contributed by atoms with E-state index in [2.05, 4.69) is 6.92 Å². The first-order valence-electron chi connectivity index (χ1n) is 11.4. The van der Waals surface area contributed by atoms with Gasteiger partial charge in [-0.25, -0.2) is 0 Å². The molecule has 0 bridgehead atoms. The third-order valence-electron chi connectivity index (χ3n) is 5.74. The van der Waals surface area contributed by atoms with Gasteiger partial charge in [-0.05, 0) is 55.7 Å². The second kappa shape index (κ2) is 11.7. The third kappa shape index (κ3) is 6.60. The third-order valence-corrected chi connectivity index (χ3v) is 5.74. The number of carbonyl (C=O) groups excluding carboxylic acids is 2. The maximum atomic E-state index is 13.2. The van der Waals surface area contributed by atoms with Crippen molar-refractivity contribution in [1.29, 1.82) is 0 Å². The highest BCUT2D eigenvalue weighted by molar-refractivity contribution is 5.96. The number of rotatable bonds is 13. The van der Waals surface area contributed by atoms with Crippen LogP contribution in [0.5, 0.6) is 5.75 Å². The molecule has 0 aliphatic heterocycles. The lowest BCUT2D eigenvalue weighted by molar-refractivity contribution is -0.133. The summed E-state index contributed by atoms with van der Waals surface area (Å²) in [7, 11) is 3.58. The Morgan fingerprint density at radius 1 is 1.12 bits per heavy atom. The van der Waals surface area contributed by atoms with E-state index in [4.69, 9.17) is 9.47 Å². The Balaban J connectivity index is 1.67. The van der Waals surface area contributed by atoms with Gasteiger partial charge in [0, 0.05) is 44.2 Å². The molecule has 7 nitrogen and oxygen atoms in total. The van der Waals surface area contributed by atoms with Gasteiger partial charge in [-0.15, -0.1) is 0 Å². The first-order valence-corrected chi connectivity index (χ1v) is 11.4. The van der Waals surface area contributed by atoms with Crippen molar-refractivity contribution in [1.82, 2.24) is 14.4 Å². The number of hydrogen-bond donors (Lipinski definition) is 0. The topological polar surface area (TPSA) is 64.0 Å². The van der Waals surface area contributed by atoms with Crippen LogP contribution in [0, 0.1) is 0 Å². The van der Waals surface area contributed by atoms with E-state index < -0.39 is 0 Å². The molecule has 1 fully saturated rings. The molecule has 0 unspecified atom stereocenters. The SMILES string of the molecule is CCCCOc1ccc(C(=O)N(CCOC)CC(=O)N(Cc2cccn2C)C2CC2)cc1. The fraction of sp³-hybridized carbons (Fsp3) is 0.520. The maximum Gasteiger partial charge on any atom is 0.254 e. The molecule has 2 aromatic rings. The molecule has 1 aliphatic carbocycles. The Labute approximate surface area is 190 Å². The molecule has 0 spiro atoms. The number of nitrogens with zero attached hydrogens (tertiary/aromatic N) is 3. The first-order chi connectivity index (χ1) is 15.5. The average molecular weight is 442 g/mol. The van der Waals surface area contributed by atoms with Crippen LogP contribution >= 0.6 is 0 Å². The number of amides is 2. The first kappa shape index (κ1) is 23.9. The van der Waals surface area contributed by atoms with Crippen LogP contribution in [-0.4, -0.2) is 65.6 Å². The lowest BCUT2D eigenvalue weighted by atomic mass is 10.2. The Bertz CT molecular complexity index is 874. The summed E-state index contributed by atoms with van der Waals surface area (Å²) in [6.07, 6.45) is 6.08. The molecular weight excluding hydrogens is 406 g/mol. The van der Waals surface area contributed by atoms with Gasteiger partial charge >= 0.3 is 0 Å². The zero-order valence-electron chi connectivity index (χ0n) is 19.5. The summed E-state index contributed by atoms with van der Waals surface area (Å²) in [6, 6.07) is 11.4. The summed E-state index contributed by atoms with van der Waals surface area (Å²) in [4.78, 5) is 29.9. The number of carbonyl (C=O) groups is 2. The zero-order valence-corrected chi connectivity index (χ0v) is 19.5. The van der Waals surface area contributed by atoms with Crippen LogP contribution in [0.4, 0.5) is 0 Å². The minimum atomic E-state index is -0.176. The number of ether oxygens (including phenoxy) is 2. The van der Waals surface area contributed by atoms with Crippen LogP contribution < -0.4 is 4.74 Å². The molecular formula is C25H35N3O4. The molecule has 1 saturated carbocycles. The van der Waals surface area contributed by atoms with Gasteiger partial charge in [-0.1, -0.05) is 13.3 Å². The average Bonchev–Trinajstić information content (AvgIpc) is 3.56. The quantitative estimate of drug-likeness (QED) is 0.447. The molecule has 1 aliphatic rings. The van der Waals surface area contributed by atoms with Gasteiger partial charge in [0.25, 0.3) is 5.91 Å². The number of aryl methyl sites for hydroxylation is 1. The van der Waals surface area contributed by atoms with Gasteiger partial charge in [-0.2, -0.15) is 0 Å². The highest BCUT2D eigenvalue weighted by Gasteiger charge is 2.34. The summed E-state index contributed by atoms with van der Waals surface area (Å²) in [5.41, 5.74) is 1.62. The molecule has 7 heteroatoms. The van der Waals surface area contributed by atoms with Crippen molar-refractivity contribution in [2.24, 2.45) is 7.05 Å². The fourth-order valence-corrected chi connectivity index (χ4v) is 3.56. The van der Waals surface area contributed by atoms with E-state index in [-0.39, 0.29) is 24.4 Å². The van der Waals surface area contributed by atoms with Crippen molar-refractivity contribution in [3.05, 3.63) is 53.9 Å². The van der Waals surface area contributed by atoms with E-state index in [1.165, 1.54) is 0 Å². The van der Waals surface area contributed by atoms with Gasteiger partial charge in [-0.3, -0.25) is 9.59 Å². The molecule has 0 N–H and O–H groups in total. The maximum absolute atomic E-state index is 13.2. The summed E-state index contributed by atoms with van der Waals surface area (Å²) < 4.78 is 12.9. The number of unbranched alkanes of at least 4 members (excludes halogenated alkanes) is 1. The van der Waals surface area contributed by atoms with E-state index >= 15 is 0 Å². The normalized spacial score (nSPS) is 13.1.